The van der Waals surface area contributed by atoms with E-state index in [1.165, 1.54) is 20.3 Å². The summed E-state index contributed by atoms with van der Waals surface area (Å²) in [5.74, 6) is 0.896. The summed E-state index contributed by atoms with van der Waals surface area (Å²) in [6.07, 6.45) is 0. The molecule has 3 aromatic rings. The third-order valence-electron chi connectivity index (χ3n) is 4.36. The second-order valence-electron chi connectivity index (χ2n) is 6.30. The number of carbonyl (C=O) groups excluding carboxylic acids is 1. The molecule has 2 aromatic carbocycles. The maximum absolute atomic E-state index is 13.6. The van der Waals surface area contributed by atoms with Gasteiger partial charge >= 0.3 is 0 Å². The van der Waals surface area contributed by atoms with E-state index in [9.17, 15) is 9.18 Å². The number of nitrogen functional groups attached to an aromatic ring is 1. The van der Waals surface area contributed by atoms with Crippen molar-refractivity contribution in [1.82, 2.24) is 15.3 Å². The molecule has 0 saturated heterocycles. The highest BCUT2D eigenvalue weighted by molar-refractivity contribution is 5.94. The molecule has 0 aliphatic rings. The van der Waals surface area contributed by atoms with Gasteiger partial charge in [-0.25, -0.2) is 9.37 Å². The van der Waals surface area contributed by atoms with Gasteiger partial charge in [-0.05, 0) is 30.7 Å². The Morgan fingerprint density at radius 1 is 1.10 bits per heavy atom. The van der Waals surface area contributed by atoms with Crippen molar-refractivity contribution in [3.8, 4) is 11.5 Å². The molecule has 1 aromatic heterocycles. The number of amides is 1. The van der Waals surface area contributed by atoms with Crippen molar-refractivity contribution in [1.29, 1.82) is 0 Å². The second kappa shape index (κ2) is 8.59. The number of nitrogens with two attached hydrogens (primary N) is 1. The number of ether oxygens (including phenoxy) is 2. The third-order valence-corrected chi connectivity index (χ3v) is 4.36. The molecule has 4 N–H and O–H groups in total. The molecular formula is C20H22FN5O3. The fourth-order valence-electron chi connectivity index (χ4n) is 2.74. The molecular weight excluding hydrogens is 377 g/mol. The van der Waals surface area contributed by atoms with E-state index >= 15 is 0 Å². The lowest BCUT2D eigenvalue weighted by Gasteiger charge is -2.12. The molecule has 0 unspecified atom stereocenters. The molecule has 1 amide bonds. The van der Waals surface area contributed by atoms with Gasteiger partial charge in [0.25, 0.3) is 5.91 Å². The fraction of sp³-hybridized carbons (Fsp3) is 0.250. The van der Waals surface area contributed by atoms with E-state index in [4.69, 9.17) is 15.2 Å². The molecule has 29 heavy (non-hydrogen) atoms. The topological polar surface area (TPSA) is 111 Å². The normalized spacial score (nSPS) is 10.6. The first kappa shape index (κ1) is 20.1. The van der Waals surface area contributed by atoms with Crippen molar-refractivity contribution < 1.29 is 18.7 Å². The number of halogens is 1. The predicted molar refractivity (Wildman–Crippen MR) is 109 cm³/mol. The Labute approximate surface area is 167 Å². The van der Waals surface area contributed by atoms with E-state index in [-0.39, 0.29) is 17.3 Å². The minimum atomic E-state index is -0.414. The first-order chi connectivity index (χ1) is 13.9. The van der Waals surface area contributed by atoms with Crippen molar-refractivity contribution in [2.45, 2.75) is 6.92 Å². The molecule has 0 aliphatic heterocycles. The predicted octanol–water partition coefficient (Wildman–Crippen LogP) is 2.52. The van der Waals surface area contributed by atoms with Gasteiger partial charge in [-0.1, -0.05) is 6.07 Å². The van der Waals surface area contributed by atoms with Crippen LogP contribution >= 0.6 is 0 Å². The zero-order chi connectivity index (χ0) is 21.0. The number of rotatable bonds is 7. The van der Waals surface area contributed by atoms with Crippen molar-refractivity contribution in [2.24, 2.45) is 0 Å². The number of anilines is 2. The van der Waals surface area contributed by atoms with Crippen molar-refractivity contribution in [3.63, 3.8) is 0 Å². The number of nitrogens with zero attached hydrogens (tertiary/aromatic N) is 2. The van der Waals surface area contributed by atoms with Crippen LogP contribution in [0.1, 0.15) is 15.9 Å². The zero-order valence-electron chi connectivity index (χ0n) is 16.4. The van der Waals surface area contributed by atoms with Crippen LogP contribution in [0.15, 0.2) is 30.3 Å². The molecule has 0 radical (unpaired) electrons. The van der Waals surface area contributed by atoms with Crippen LogP contribution in [0, 0.1) is 12.7 Å². The highest BCUT2D eigenvalue weighted by atomic mass is 19.1. The summed E-state index contributed by atoms with van der Waals surface area (Å²) in [5, 5.41) is 6.36. The zero-order valence-corrected chi connectivity index (χ0v) is 16.4. The number of aryl methyl sites for hydroxylation is 1. The summed E-state index contributed by atoms with van der Waals surface area (Å²) in [5.41, 5.74) is 7.38. The molecule has 0 spiro atoms. The molecule has 3 rings (SSSR count). The fourth-order valence-corrected chi connectivity index (χ4v) is 2.74. The number of methoxy groups -OCH3 is 2. The summed E-state index contributed by atoms with van der Waals surface area (Å²) in [6.45, 7) is 2.29. The van der Waals surface area contributed by atoms with Gasteiger partial charge < -0.3 is 25.8 Å². The summed E-state index contributed by atoms with van der Waals surface area (Å²) in [4.78, 5) is 20.7. The van der Waals surface area contributed by atoms with E-state index in [0.717, 1.165) is 0 Å². The van der Waals surface area contributed by atoms with Crippen molar-refractivity contribution in [2.75, 3.05) is 38.4 Å². The van der Waals surface area contributed by atoms with E-state index < -0.39 is 5.82 Å². The Morgan fingerprint density at radius 2 is 1.83 bits per heavy atom. The largest absolute Gasteiger partial charge is 0.493 e. The monoisotopic (exact) mass is 399 g/mol. The average molecular weight is 399 g/mol. The molecule has 0 atom stereocenters. The molecule has 152 valence electrons. The molecule has 0 aliphatic carbocycles. The van der Waals surface area contributed by atoms with Crippen LogP contribution in [0.2, 0.25) is 0 Å². The maximum atomic E-state index is 13.6. The number of carbonyl (C=O) groups is 1. The smallest absolute Gasteiger partial charge is 0.251 e. The Morgan fingerprint density at radius 3 is 2.52 bits per heavy atom. The van der Waals surface area contributed by atoms with E-state index in [1.807, 2.05) is 0 Å². The summed E-state index contributed by atoms with van der Waals surface area (Å²) >= 11 is 0. The number of fused-ring (bicyclic) bond motifs is 1. The number of aromatic nitrogens is 2. The summed E-state index contributed by atoms with van der Waals surface area (Å²) in [6, 6.07) is 7.79. The third kappa shape index (κ3) is 4.45. The molecule has 0 saturated carbocycles. The Kier molecular flexibility index (Phi) is 5.96. The minimum absolute atomic E-state index is 0.264. The Balaban J connectivity index is 1.64. The van der Waals surface area contributed by atoms with Crippen LogP contribution in [0.3, 0.4) is 0 Å². The van der Waals surface area contributed by atoms with E-state index in [0.29, 0.717) is 47.0 Å². The van der Waals surface area contributed by atoms with Gasteiger partial charge in [0, 0.05) is 30.1 Å². The summed E-state index contributed by atoms with van der Waals surface area (Å²) < 4.78 is 24.1. The van der Waals surface area contributed by atoms with E-state index in [2.05, 4.69) is 20.6 Å². The van der Waals surface area contributed by atoms with Crippen LogP contribution in [-0.4, -0.2) is 43.2 Å². The number of nitrogens with one attached hydrogen (secondary N) is 2. The lowest BCUT2D eigenvalue weighted by molar-refractivity contribution is 0.0954. The van der Waals surface area contributed by atoms with Gasteiger partial charge in [0.05, 0.1) is 19.7 Å². The average Bonchev–Trinajstić information content (AvgIpc) is 2.72. The van der Waals surface area contributed by atoms with Crippen LogP contribution in [0.4, 0.5) is 16.2 Å². The van der Waals surface area contributed by atoms with E-state index in [1.54, 1.807) is 31.2 Å². The van der Waals surface area contributed by atoms with Crippen molar-refractivity contribution in [3.05, 3.63) is 47.3 Å². The van der Waals surface area contributed by atoms with Crippen LogP contribution < -0.4 is 25.8 Å². The van der Waals surface area contributed by atoms with Crippen LogP contribution in [0.5, 0.6) is 11.5 Å². The van der Waals surface area contributed by atoms with Crippen LogP contribution in [-0.2, 0) is 0 Å². The summed E-state index contributed by atoms with van der Waals surface area (Å²) in [7, 11) is 3.08. The maximum Gasteiger partial charge on any atom is 0.251 e. The standard InChI is InChI=1S/C20H22FN5O3/c1-11-4-5-12(8-14(11)21)19(27)23-6-7-24-20-25-15-10-17(29-3)16(28-2)9-13(15)18(22)26-20/h4-5,8-10H,6-7H2,1-3H3,(H,23,27)(H3,22,24,25,26). The molecule has 1 heterocycles. The number of hydrogen-bond donors (Lipinski definition) is 3. The van der Waals surface area contributed by atoms with Gasteiger partial charge in [0.2, 0.25) is 5.95 Å². The SMILES string of the molecule is COc1cc2nc(NCCNC(=O)c3ccc(C)c(F)c3)nc(N)c2cc1OC. The van der Waals surface area contributed by atoms with Crippen molar-refractivity contribution >= 4 is 28.6 Å². The number of hydrogen-bond acceptors (Lipinski definition) is 7. The molecule has 8 nitrogen and oxygen atoms in total. The molecule has 0 fully saturated rings. The first-order valence-corrected chi connectivity index (χ1v) is 8.90. The first-order valence-electron chi connectivity index (χ1n) is 8.90. The van der Waals surface area contributed by atoms with Crippen LogP contribution in [0.25, 0.3) is 10.9 Å². The Bertz CT molecular complexity index is 1060. The lowest BCUT2D eigenvalue weighted by Crippen LogP contribution is -2.29. The van der Waals surface area contributed by atoms with Gasteiger partial charge in [-0.2, -0.15) is 4.98 Å². The Hall–Kier alpha value is -3.62. The number of benzene rings is 2. The molecule has 9 heteroatoms. The highest BCUT2D eigenvalue weighted by Gasteiger charge is 2.12. The highest BCUT2D eigenvalue weighted by Crippen LogP contribution is 2.33. The lowest BCUT2D eigenvalue weighted by atomic mass is 10.1. The quantitative estimate of drug-likeness (QED) is 0.524. The second-order valence-corrected chi connectivity index (χ2v) is 6.30. The van der Waals surface area contributed by atoms with Gasteiger partial charge in [-0.15, -0.1) is 0 Å². The van der Waals surface area contributed by atoms with Gasteiger partial charge in [0.15, 0.2) is 11.5 Å². The molecule has 0 bridgehead atoms. The minimum Gasteiger partial charge on any atom is -0.493 e. The van der Waals surface area contributed by atoms with Gasteiger partial charge in [-0.3, -0.25) is 4.79 Å². The van der Waals surface area contributed by atoms with Gasteiger partial charge in [0.1, 0.15) is 11.6 Å².